The van der Waals surface area contributed by atoms with Gasteiger partial charge < -0.3 is 0 Å². The highest BCUT2D eigenvalue weighted by Crippen LogP contribution is 2.59. The van der Waals surface area contributed by atoms with Gasteiger partial charge in [0.25, 0.3) is 47.3 Å². The molecule has 2 atom stereocenters. The average molecular weight is 1280 g/mol. The topological polar surface area (TPSA) is 150 Å². The molecular weight excluding hydrogens is 1220 g/mol. The number of alkyl halides is 12. The van der Waals surface area contributed by atoms with Gasteiger partial charge in [0, 0.05) is 13.6 Å². The van der Waals surface area contributed by atoms with Crippen molar-refractivity contribution in [3.8, 4) is 11.1 Å². The van der Waals surface area contributed by atoms with Gasteiger partial charge in [-0.15, -0.1) is 0 Å². The standard InChI is InChI=1S/C64H48F12N4O8.3CH4/c1-30-26-57(4,5)28-58(6,27-30)29-78-51(83)42-15-9-34(23-46(42)52(78)84)60(63(71,72)73,64(74,75)76)36-11-17-44-48(25-36)56(88)80(54(44)86)38-13-19-40(32(3)21-38)39-18-12-37(20-31(39)2)79-53(85)43-16-10-35(24-47(43)55(79)87)59(61(65,66)67,62(68,69)70)33-8-14-41-45(22-33)50(82)77(7)49(41)81;;;/h8-25,30H,26-29H2,1-7H3;3*1H4. The molecule has 480 valence electrons. The van der Waals surface area contributed by atoms with E-state index >= 15 is 52.7 Å². The highest BCUT2D eigenvalue weighted by atomic mass is 19.4. The van der Waals surface area contributed by atoms with Crippen LogP contribution >= 0.6 is 0 Å². The first-order chi connectivity index (χ1) is 40.7. The summed E-state index contributed by atoms with van der Waals surface area (Å²) in [5.74, 6) is -8.71. The van der Waals surface area contributed by atoms with E-state index in [9.17, 15) is 38.4 Å². The van der Waals surface area contributed by atoms with E-state index in [2.05, 4.69) is 0 Å². The first kappa shape index (κ1) is 68.0. The number of fused-ring (bicyclic) bond motifs is 4. The lowest BCUT2D eigenvalue weighted by Crippen LogP contribution is -2.55. The van der Waals surface area contributed by atoms with Crippen molar-refractivity contribution < 1.29 is 91.0 Å². The minimum atomic E-state index is -6.22. The maximum Gasteiger partial charge on any atom is 0.411 e. The van der Waals surface area contributed by atoms with Crippen LogP contribution in [-0.2, 0) is 10.8 Å². The Morgan fingerprint density at radius 2 is 0.681 bits per heavy atom. The molecular formula is C67H60F12N4O8. The molecule has 0 bridgehead atoms. The van der Waals surface area contributed by atoms with Crippen molar-refractivity contribution in [2.45, 2.75) is 119 Å². The molecule has 4 aliphatic heterocycles. The van der Waals surface area contributed by atoms with Crippen LogP contribution in [0.15, 0.2) is 109 Å². The van der Waals surface area contributed by atoms with E-state index in [1.54, 1.807) is 0 Å². The van der Waals surface area contributed by atoms with Crippen molar-refractivity contribution >= 4 is 58.6 Å². The summed E-state index contributed by atoms with van der Waals surface area (Å²) >= 11 is 0. The quantitative estimate of drug-likeness (QED) is 0.103. The van der Waals surface area contributed by atoms with Crippen LogP contribution < -0.4 is 9.80 Å². The summed E-state index contributed by atoms with van der Waals surface area (Å²) in [6, 6.07) is 13.7. The Kier molecular flexibility index (Phi) is 16.3. The predicted molar refractivity (Wildman–Crippen MR) is 312 cm³/mol. The van der Waals surface area contributed by atoms with E-state index in [0.717, 1.165) is 24.4 Å². The largest absolute Gasteiger partial charge is 0.411 e. The van der Waals surface area contributed by atoms with Gasteiger partial charge in [-0.05, 0) is 167 Å². The van der Waals surface area contributed by atoms with E-state index in [1.165, 1.54) is 50.2 Å². The van der Waals surface area contributed by atoms with Crippen LogP contribution in [0, 0.1) is 30.6 Å². The maximum absolute atomic E-state index is 15.7. The van der Waals surface area contributed by atoms with Crippen LogP contribution in [-0.4, -0.2) is 95.4 Å². The van der Waals surface area contributed by atoms with Crippen LogP contribution in [0.5, 0.6) is 0 Å². The van der Waals surface area contributed by atoms with Crippen molar-refractivity contribution in [2.24, 2.45) is 16.7 Å². The zero-order valence-corrected chi connectivity index (χ0v) is 47.4. The Morgan fingerprint density at radius 3 is 1.02 bits per heavy atom. The monoisotopic (exact) mass is 1280 g/mol. The number of carbonyl (C=O) groups is 8. The normalized spacial score (nSPS) is 19.1. The van der Waals surface area contributed by atoms with E-state index in [-0.39, 0.29) is 57.1 Å². The zero-order chi connectivity index (χ0) is 64.5. The second-order valence-corrected chi connectivity index (χ2v) is 24.5. The zero-order valence-electron chi connectivity index (χ0n) is 47.4. The third-order valence-electron chi connectivity index (χ3n) is 17.7. The van der Waals surface area contributed by atoms with E-state index < -0.39 is 149 Å². The second kappa shape index (κ2) is 21.9. The summed E-state index contributed by atoms with van der Waals surface area (Å²) in [5.41, 5.74) is -20.6. The fraction of sp³-hybridized carbons (Fsp3) is 0.343. The summed E-state index contributed by atoms with van der Waals surface area (Å²) in [5, 5.41) is 0. The Morgan fingerprint density at radius 1 is 0.396 bits per heavy atom. The van der Waals surface area contributed by atoms with Crippen LogP contribution in [0.1, 0.15) is 185 Å². The number of rotatable bonds is 9. The summed E-state index contributed by atoms with van der Waals surface area (Å²) in [4.78, 5) is 111. The number of amides is 8. The molecule has 4 heterocycles. The Balaban J connectivity index is 0.00000356. The van der Waals surface area contributed by atoms with Crippen molar-refractivity contribution in [1.82, 2.24) is 9.80 Å². The lowest BCUT2D eigenvalue weighted by molar-refractivity contribution is -0.290. The maximum atomic E-state index is 15.7. The van der Waals surface area contributed by atoms with Gasteiger partial charge >= 0.3 is 24.7 Å². The molecule has 0 aromatic heterocycles. The number of carbonyl (C=O) groups excluding carboxylic acids is 8. The van der Waals surface area contributed by atoms with Gasteiger partial charge in [0.05, 0.1) is 55.9 Å². The fourth-order valence-corrected chi connectivity index (χ4v) is 14.5. The number of hydrogen-bond acceptors (Lipinski definition) is 8. The molecule has 1 saturated carbocycles. The molecule has 5 aliphatic rings. The first-order valence-corrected chi connectivity index (χ1v) is 27.2. The van der Waals surface area contributed by atoms with Crippen LogP contribution in [0.4, 0.5) is 64.1 Å². The van der Waals surface area contributed by atoms with E-state index in [0.29, 0.717) is 117 Å². The molecule has 24 heteroatoms. The summed E-state index contributed by atoms with van der Waals surface area (Å²) < 4.78 is 186. The molecule has 1 fully saturated rings. The third-order valence-corrected chi connectivity index (χ3v) is 17.7. The number of imide groups is 4. The molecule has 0 N–H and O–H groups in total. The highest BCUT2D eigenvalue weighted by molar-refractivity contribution is 6.35. The van der Waals surface area contributed by atoms with Crippen LogP contribution in [0.3, 0.4) is 0 Å². The fourth-order valence-electron chi connectivity index (χ4n) is 14.5. The van der Waals surface area contributed by atoms with Gasteiger partial charge in [-0.3, -0.25) is 48.2 Å². The lowest BCUT2D eigenvalue weighted by Gasteiger charge is -2.47. The number of benzene rings is 6. The Labute approximate surface area is 514 Å². The smallest absolute Gasteiger partial charge is 0.277 e. The third kappa shape index (κ3) is 9.91. The number of aryl methyl sites for hydroxylation is 2. The van der Waals surface area contributed by atoms with Crippen molar-refractivity contribution in [1.29, 1.82) is 0 Å². The predicted octanol–water partition coefficient (Wildman–Crippen LogP) is 16.0. The molecule has 91 heavy (non-hydrogen) atoms. The molecule has 0 saturated heterocycles. The van der Waals surface area contributed by atoms with Gasteiger partial charge in [0.2, 0.25) is 10.8 Å². The molecule has 1 aliphatic carbocycles. The summed E-state index contributed by atoms with van der Waals surface area (Å²) in [6.07, 6.45) is -22.8. The summed E-state index contributed by atoms with van der Waals surface area (Å²) in [7, 11) is 0.991. The summed E-state index contributed by atoms with van der Waals surface area (Å²) in [6.45, 7) is 10.8. The molecule has 8 amide bonds. The molecule has 12 nitrogen and oxygen atoms in total. The minimum absolute atomic E-state index is 0. The van der Waals surface area contributed by atoms with Crippen molar-refractivity contribution in [3.05, 3.63) is 187 Å². The molecule has 6 aromatic carbocycles. The molecule has 2 unspecified atom stereocenters. The highest BCUT2D eigenvalue weighted by Gasteiger charge is 2.74. The number of anilines is 2. The lowest BCUT2D eigenvalue weighted by atomic mass is 9.61. The van der Waals surface area contributed by atoms with E-state index in [1.807, 2.05) is 27.7 Å². The van der Waals surface area contributed by atoms with Gasteiger partial charge in [-0.2, -0.15) is 52.7 Å². The number of halogens is 12. The molecule has 0 radical (unpaired) electrons. The number of nitrogens with zero attached hydrogens (tertiary/aromatic N) is 4. The Hall–Kier alpha value is -8.96. The second-order valence-electron chi connectivity index (χ2n) is 24.5. The van der Waals surface area contributed by atoms with Gasteiger partial charge in [0.1, 0.15) is 0 Å². The van der Waals surface area contributed by atoms with Crippen molar-refractivity contribution in [3.63, 3.8) is 0 Å². The average Bonchev–Trinajstić information content (AvgIpc) is 1.67. The first-order valence-electron chi connectivity index (χ1n) is 27.2. The van der Waals surface area contributed by atoms with Gasteiger partial charge in [0.15, 0.2) is 0 Å². The van der Waals surface area contributed by atoms with Crippen molar-refractivity contribution in [2.75, 3.05) is 23.4 Å². The van der Waals surface area contributed by atoms with Gasteiger partial charge in [-0.25, -0.2) is 9.80 Å². The molecule has 6 aromatic rings. The minimum Gasteiger partial charge on any atom is -0.277 e. The molecule has 0 spiro atoms. The van der Waals surface area contributed by atoms with Crippen LogP contribution in [0.2, 0.25) is 0 Å². The van der Waals surface area contributed by atoms with Crippen LogP contribution in [0.25, 0.3) is 11.1 Å². The van der Waals surface area contributed by atoms with Gasteiger partial charge in [-0.1, -0.05) is 86.4 Å². The Bertz CT molecular complexity index is 4140. The van der Waals surface area contributed by atoms with E-state index in [4.69, 9.17) is 0 Å². The SMILES string of the molecule is C.C.C.Cc1cc(N2C(=O)c3ccc(C(c4ccc5c(c4)C(=O)N(C)C5=O)(C(F)(F)F)C(F)(F)F)cc3C2=O)ccc1-c1ccc(N2C(=O)c3ccc(C(c4ccc5c(c4)C(=O)N(CC4(C)CC(C)CC(C)(C)C4)C5=O)(C(F)(F)F)C(F)(F)F)cc3C2=O)cc1C. The number of hydrogen-bond donors (Lipinski definition) is 0. The molecule has 11 rings (SSSR count).